The molecule has 1 aromatic carbocycles. The summed E-state index contributed by atoms with van der Waals surface area (Å²) in [6.07, 6.45) is 5.48. The van der Waals surface area contributed by atoms with E-state index in [0.29, 0.717) is 11.0 Å². The van der Waals surface area contributed by atoms with Gasteiger partial charge in [0, 0.05) is 17.1 Å². The van der Waals surface area contributed by atoms with Crippen LogP contribution in [0, 0.1) is 5.82 Å². The first-order valence-electron chi connectivity index (χ1n) is 7.94. The van der Waals surface area contributed by atoms with Gasteiger partial charge in [0.15, 0.2) is 6.61 Å². The maximum Gasteiger partial charge on any atom is 0.339 e. The number of carbonyl (C=O) groups excluding carboxylic acids is 2. The number of ether oxygens (including phenoxy) is 1. The minimum absolute atomic E-state index is 0.0820. The molecule has 0 N–H and O–H groups in total. The second-order valence-electron chi connectivity index (χ2n) is 5.67. The number of esters is 1. The van der Waals surface area contributed by atoms with Gasteiger partial charge in [-0.1, -0.05) is 19.3 Å². The minimum Gasteiger partial charge on any atom is -0.452 e. The van der Waals surface area contributed by atoms with Crippen LogP contribution in [0.4, 0.5) is 4.39 Å². The molecule has 0 unspecified atom stereocenters. The standard InChI is InChI=1S/C17H21BrFNO3/c1-2-20(13-6-4-3-5-7-13)16(21)11-23-17(22)14-10-12(19)8-9-15(14)18/h8-10,13H,2-7,11H2,1H3. The molecule has 0 aliphatic heterocycles. The maximum atomic E-state index is 13.2. The first-order valence-corrected chi connectivity index (χ1v) is 8.74. The van der Waals surface area contributed by atoms with Gasteiger partial charge in [0.25, 0.3) is 5.91 Å². The van der Waals surface area contributed by atoms with Gasteiger partial charge in [-0.25, -0.2) is 9.18 Å². The Morgan fingerprint density at radius 3 is 2.65 bits per heavy atom. The van der Waals surface area contributed by atoms with E-state index in [-0.39, 0.29) is 24.1 Å². The first kappa shape index (κ1) is 17.9. The SMILES string of the molecule is CCN(C(=O)COC(=O)c1cc(F)ccc1Br)C1CCCCC1. The molecule has 1 amide bonds. The lowest BCUT2D eigenvalue weighted by atomic mass is 9.94. The van der Waals surface area contributed by atoms with Crippen LogP contribution in [0.5, 0.6) is 0 Å². The van der Waals surface area contributed by atoms with Crippen molar-refractivity contribution in [2.24, 2.45) is 0 Å². The Labute approximate surface area is 144 Å². The van der Waals surface area contributed by atoms with Gasteiger partial charge in [0.2, 0.25) is 0 Å². The molecular formula is C17H21BrFNO3. The molecule has 1 fully saturated rings. The Bertz CT molecular complexity index is 573. The summed E-state index contributed by atoms with van der Waals surface area (Å²) >= 11 is 3.18. The number of halogens is 2. The summed E-state index contributed by atoms with van der Waals surface area (Å²) in [5.41, 5.74) is 0.0820. The van der Waals surface area contributed by atoms with E-state index in [0.717, 1.165) is 31.7 Å². The monoisotopic (exact) mass is 385 g/mol. The van der Waals surface area contributed by atoms with E-state index in [1.807, 2.05) is 6.92 Å². The van der Waals surface area contributed by atoms with Gasteiger partial charge in [0.1, 0.15) is 5.82 Å². The molecular weight excluding hydrogens is 365 g/mol. The lowest BCUT2D eigenvalue weighted by Gasteiger charge is -2.33. The third-order valence-corrected chi connectivity index (χ3v) is 4.84. The van der Waals surface area contributed by atoms with Gasteiger partial charge in [-0.15, -0.1) is 0 Å². The van der Waals surface area contributed by atoms with E-state index < -0.39 is 11.8 Å². The third kappa shape index (κ3) is 4.77. The van der Waals surface area contributed by atoms with E-state index in [4.69, 9.17) is 4.74 Å². The molecule has 0 aromatic heterocycles. The van der Waals surface area contributed by atoms with Crippen LogP contribution in [-0.4, -0.2) is 36.0 Å². The van der Waals surface area contributed by atoms with Crippen LogP contribution in [-0.2, 0) is 9.53 Å². The molecule has 6 heteroatoms. The number of benzene rings is 1. The van der Waals surface area contributed by atoms with Crippen LogP contribution in [0.15, 0.2) is 22.7 Å². The van der Waals surface area contributed by atoms with E-state index in [1.54, 1.807) is 4.90 Å². The van der Waals surface area contributed by atoms with Crippen molar-refractivity contribution in [1.82, 2.24) is 4.90 Å². The molecule has 0 heterocycles. The fourth-order valence-corrected chi connectivity index (χ4v) is 3.38. The second-order valence-corrected chi connectivity index (χ2v) is 6.53. The molecule has 0 saturated heterocycles. The van der Waals surface area contributed by atoms with E-state index >= 15 is 0 Å². The molecule has 23 heavy (non-hydrogen) atoms. The predicted octanol–water partition coefficient (Wildman–Crippen LogP) is 3.93. The van der Waals surface area contributed by atoms with Gasteiger partial charge in [0.05, 0.1) is 5.56 Å². The fourth-order valence-electron chi connectivity index (χ4n) is 2.97. The van der Waals surface area contributed by atoms with Crippen LogP contribution in [0.3, 0.4) is 0 Å². The third-order valence-electron chi connectivity index (χ3n) is 4.15. The molecule has 1 saturated carbocycles. The summed E-state index contributed by atoms with van der Waals surface area (Å²) in [6, 6.07) is 4.01. The number of carbonyl (C=O) groups is 2. The van der Waals surface area contributed by atoms with Gasteiger partial charge in [-0.2, -0.15) is 0 Å². The first-order chi connectivity index (χ1) is 11.0. The summed E-state index contributed by atoms with van der Waals surface area (Å²) in [6.45, 7) is 2.22. The van der Waals surface area contributed by atoms with E-state index in [9.17, 15) is 14.0 Å². The van der Waals surface area contributed by atoms with Crippen LogP contribution in [0.1, 0.15) is 49.4 Å². The summed E-state index contributed by atoms with van der Waals surface area (Å²) in [5.74, 6) is -1.42. The second kappa shape index (κ2) is 8.43. The van der Waals surface area contributed by atoms with Crippen molar-refractivity contribution >= 4 is 27.8 Å². The van der Waals surface area contributed by atoms with Crippen molar-refractivity contribution in [3.05, 3.63) is 34.1 Å². The fraction of sp³-hybridized carbons (Fsp3) is 0.529. The largest absolute Gasteiger partial charge is 0.452 e. The Morgan fingerprint density at radius 2 is 2.00 bits per heavy atom. The molecule has 0 atom stereocenters. The summed E-state index contributed by atoms with van der Waals surface area (Å²) in [5, 5.41) is 0. The molecule has 0 radical (unpaired) electrons. The Kier molecular flexibility index (Phi) is 6.57. The zero-order valence-electron chi connectivity index (χ0n) is 13.2. The zero-order valence-corrected chi connectivity index (χ0v) is 14.8. The Morgan fingerprint density at radius 1 is 1.30 bits per heavy atom. The summed E-state index contributed by atoms with van der Waals surface area (Å²) < 4.78 is 18.7. The highest BCUT2D eigenvalue weighted by Crippen LogP contribution is 2.23. The Balaban J connectivity index is 1.94. The van der Waals surface area contributed by atoms with Gasteiger partial charge in [-0.05, 0) is 53.9 Å². The maximum absolute atomic E-state index is 13.2. The molecule has 126 valence electrons. The van der Waals surface area contributed by atoms with Crippen molar-refractivity contribution in [2.45, 2.75) is 45.1 Å². The number of nitrogens with zero attached hydrogens (tertiary/aromatic N) is 1. The molecule has 1 aromatic rings. The predicted molar refractivity (Wildman–Crippen MR) is 88.6 cm³/mol. The van der Waals surface area contributed by atoms with Crippen LogP contribution >= 0.6 is 15.9 Å². The van der Waals surface area contributed by atoms with Crippen molar-refractivity contribution < 1.29 is 18.7 Å². The number of rotatable bonds is 5. The molecule has 2 rings (SSSR count). The number of likely N-dealkylation sites (N-methyl/N-ethyl adjacent to an activating group) is 1. The van der Waals surface area contributed by atoms with Crippen molar-refractivity contribution in [3.8, 4) is 0 Å². The highest BCUT2D eigenvalue weighted by Gasteiger charge is 2.25. The topological polar surface area (TPSA) is 46.6 Å². The minimum atomic E-state index is -0.704. The van der Waals surface area contributed by atoms with Crippen LogP contribution < -0.4 is 0 Å². The van der Waals surface area contributed by atoms with Gasteiger partial charge >= 0.3 is 5.97 Å². The molecule has 0 spiro atoms. The Hall–Kier alpha value is -1.43. The number of amides is 1. The van der Waals surface area contributed by atoms with Crippen molar-refractivity contribution in [2.75, 3.05) is 13.2 Å². The highest BCUT2D eigenvalue weighted by molar-refractivity contribution is 9.10. The summed E-state index contributed by atoms with van der Waals surface area (Å²) in [4.78, 5) is 26.1. The van der Waals surface area contributed by atoms with E-state index in [2.05, 4.69) is 15.9 Å². The quantitative estimate of drug-likeness (QED) is 0.721. The van der Waals surface area contributed by atoms with Crippen LogP contribution in [0.25, 0.3) is 0 Å². The van der Waals surface area contributed by atoms with E-state index in [1.165, 1.54) is 18.6 Å². The van der Waals surface area contributed by atoms with Crippen molar-refractivity contribution in [1.29, 1.82) is 0 Å². The normalized spacial score (nSPS) is 15.3. The average Bonchev–Trinajstić information content (AvgIpc) is 2.56. The van der Waals surface area contributed by atoms with Crippen molar-refractivity contribution in [3.63, 3.8) is 0 Å². The molecule has 1 aliphatic carbocycles. The lowest BCUT2D eigenvalue weighted by molar-refractivity contribution is -0.137. The average molecular weight is 386 g/mol. The van der Waals surface area contributed by atoms with Gasteiger partial charge < -0.3 is 9.64 Å². The molecule has 1 aliphatic rings. The molecule has 4 nitrogen and oxygen atoms in total. The smallest absolute Gasteiger partial charge is 0.339 e. The highest BCUT2D eigenvalue weighted by atomic mass is 79.9. The van der Waals surface area contributed by atoms with Crippen LogP contribution in [0.2, 0.25) is 0 Å². The van der Waals surface area contributed by atoms with Gasteiger partial charge in [-0.3, -0.25) is 4.79 Å². The number of hydrogen-bond acceptors (Lipinski definition) is 3. The zero-order chi connectivity index (χ0) is 16.8. The number of hydrogen-bond donors (Lipinski definition) is 0. The molecule has 0 bridgehead atoms. The summed E-state index contributed by atoms with van der Waals surface area (Å²) in [7, 11) is 0. The lowest BCUT2D eigenvalue weighted by Crippen LogP contribution is -2.43.